The minimum atomic E-state index is -0.187. The zero-order valence-electron chi connectivity index (χ0n) is 12.5. The van der Waals surface area contributed by atoms with E-state index in [-0.39, 0.29) is 23.3 Å². The Balaban J connectivity index is 1.75. The Hall–Kier alpha value is -2.07. The maximum Gasteiger partial charge on any atom is 0.274 e. The van der Waals surface area contributed by atoms with Crippen molar-refractivity contribution in [1.82, 2.24) is 4.57 Å². The first-order chi connectivity index (χ1) is 10.5. The van der Waals surface area contributed by atoms with Gasteiger partial charge in [0.05, 0.1) is 0 Å². The third-order valence-electron chi connectivity index (χ3n) is 4.13. The van der Waals surface area contributed by atoms with Gasteiger partial charge in [0.15, 0.2) is 0 Å². The molecule has 1 aromatic carbocycles. The van der Waals surface area contributed by atoms with Gasteiger partial charge in [-0.05, 0) is 48.6 Å². The molecule has 1 heterocycles. The second kappa shape index (κ2) is 5.61. The lowest BCUT2D eigenvalue weighted by Crippen LogP contribution is -2.26. The molecule has 0 unspecified atom stereocenters. The molecule has 0 saturated heterocycles. The number of amides is 1. The molecule has 2 aromatic rings. The summed E-state index contributed by atoms with van der Waals surface area (Å²) in [5, 5.41) is 3.47. The van der Waals surface area contributed by atoms with Gasteiger partial charge in [-0.25, -0.2) is 0 Å². The smallest absolute Gasteiger partial charge is 0.274 e. The average molecular weight is 317 g/mol. The Kier molecular flexibility index (Phi) is 3.79. The summed E-state index contributed by atoms with van der Waals surface area (Å²) in [6, 6.07) is 9.41. The van der Waals surface area contributed by atoms with Crippen LogP contribution in [-0.4, -0.2) is 10.5 Å². The van der Waals surface area contributed by atoms with Crippen LogP contribution in [0.1, 0.15) is 23.5 Å². The number of rotatable bonds is 3. The van der Waals surface area contributed by atoms with Crippen LogP contribution >= 0.6 is 11.6 Å². The van der Waals surface area contributed by atoms with Crippen LogP contribution in [0.5, 0.6) is 0 Å². The van der Waals surface area contributed by atoms with Crippen LogP contribution < -0.4 is 10.9 Å². The lowest BCUT2D eigenvalue weighted by molar-refractivity contribution is -0.117. The van der Waals surface area contributed by atoms with Gasteiger partial charge < -0.3 is 9.88 Å². The van der Waals surface area contributed by atoms with Gasteiger partial charge in [-0.2, -0.15) is 0 Å². The zero-order valence-corrected chi connectivity index (χ0v) is 13.2. The average Bonchev–Trinajstić information content (AvgIpc) is 3.28. The largest absolute Gasteiger partial charge is 0.321 e. The molecule has 1 aromatic heterocycles. The standard InChI is InChI=1S/C17H17ClN2O2/c1-10-6-7-20(2)17(22)15(10)19-16(21)14-9-13(14)11-4-3-5-12(18)8-11/h3-8,13-14H,9H2,1-2H3,(H,19,21)/t13-,14+/m0/s1. The van der Waals surface area contributed by atoms with Gasteiger partial charge in [-0.3, -0.25) is 9.59 Å². The van der Waals surface area contributed by atoms with Crippen molar-refractivity contribution >= 4 is 23.2 Å². The molecule has 0 bridgehead atoms. The van der Waals surface area contributed by atoms with Gasteiger partial charge in [-0.1, -0.05) is 23.7 Å². The van der Waals surface area contributed by atoms with Gasteiger partial charge >= 0.3 is 0 Å². The van der Waals surface area contributed by atoms with E-state index in [1.807, 2.05) is 37.3 Å². The van der Waals surface area contributed by atoms with E-state index in [4.69, 9.17) is 11.6 Å². The molecule has 4 nitrogen and oxygen atoms in total. The Morgan fingerprint density at radius 2 is 2.14 bits per heavy atom. The molecule has 22 heavy (non-hydrogen) atoms. The summed E-state index contributed by atoms with van der Waals surface area (Å²) in [6.07, 6.45) is 2.48. The number of aryl methyl sites for hydroxylation is 2. The minimum absolute atomic E-state index is 0.0946. The molecule has 0 spiro atoms. The molecule has 114 valence electrons. The van der Waals surface area contributed by atoms with E-state index >= 15 is 0 Å². The Morgan fingerprint density at radius 3 is 2.86 bits per heavy atom. The summed E-state index contributed by atoms with van der Waals surface area (Å²) in [5.41, 5.74) is 2.03. The SMILES string of the molecule is Cc1ccn(C)c(=O)c1NC(=O)[C@@H]1C[C@H]1c1cccc(Cl)c1. The highest BCUT2D eigenvalue weighted by atomic mass is 35.5. The first-order valence-corrected chi connectivity index (χ1v) is 7.57. The summed E-state index contributed by atoms with van der Waals surface area (Å²) in [4.78, 5) is 24.5. The van der Waals surface area contributed by atoms with E-state index in [0.29, 0.717) is 10.7 Å². The van der Waals surface area contributed by atoms with Gasteiger partial charge in [-0.15, -0.1) is 0 Å². The summed E-state index contributed by atoms with van der Waals surface area (Å²) in [6.45, 7) is 1.82. The number of benzene rings is 1. The Bertz CT molecular complexity index is 797. The highest BCUT2D eigenvalue weighted by Gasteiger charge is 2.44. The molecule has 5 heteroatoms. The van der Waals surface area contributed by atoms with Crippen molar-refractivity contribution in [3.63, 3.8) is 0 Å². The molecule has 1 aliphatic carbocycles. The summed E-state index contributed by atoms with van der Waals surface area (Å²) >= 11 is 5.99. The number of nitrogens with zero attached hydrogens (tertiary/aromatic N) is 1. The molecular formula is C17H17ClN2O2. The van der Waals surface area contributed by atoms with Crippen LogP contribution in [0, 0.1) is 12.8 Å². The van der Waals surface area contributed by atoms with Crippen molar-refractivity contribution < 1.29 is 4.79 Å². The third-order valence-corrected chi connectivity index (χ3v) is 4.36. The van der Waals surface area contributed by atoms with Crippen molar-refractivity contribution in [2.24, 2.45) is 13.0 Å². The van der Waals surface area contributed by atoms with Crippen LogP contribution in [0.25, 0.3) is 0 Å². The molecule has 1 N–H and O–H groups in total. The molecule has 0 radical (unpaired) electrons. The van der Waals surface area contributed by atoms with E-state index in [9.17, 15) is 9.59 Å². The molecule has 1 fully saturated rings. The van der Waals surface area contributed by atoms with Gasteiger partial charge in [0.1, 0.15) is 5.69 Å². The van der Waals surface area contributed by atoms with Gasteiger partial charge in [0, 0.05) is 24.2 Å². The third kappa shape index (κ3) is 2.79. The van der Waals surface area contributed by atoms with Crippen molar-refractivity contribution in [2.75, 3.05) is 5.32 Å². The summed E-state index contributed by atoms with van der Waals surface area (Å²) < 4.78 is 1.46. The fourth-order valence-corrected chi connectivity index (χ4v) is 2.88. The van der Waals surface area contributed by atoms with E-state index < -0.39 is 0 Å². The first-order valence-electron chi connectivity index (χ1n) is 7.20. The lowest BCUT2D eigenvalue weighted by Gasteiger charge is -2.09. The quantitative estimate of drug-likeness (QED) is 0.946. The summed E-state index contributed by atoms with van der Waals surface area (Å²) in [5.74, 6) is -0.00859. The molecule has 1 amide bonds. The van der Waals surface area contributed by atoms with E-state index in [2.05, 4.69) is 5.32 Å². The van der Waals surface area contributed by atoms with Crippen molar-refractivity contribution in [3.8, 4) is 0 Å². The van der Waals surface area contributed by atoms with E-state index in [1.54, 1.807) is 13.2 Å². The molecular weight excluding hydrogens is 300 g/mol. The number of carbonyl (C=O) groups excluding carboxylic acids is 1. The maximum atomic E-state index is 12.4. The Labute approximate surface area is 133 Å². The molecule has 1 saturated carbocycles. The second-order valence-electron chi connectivity index (χ2n) is 5.78. The second-order valence-corrected chi connectivity index (χ2v) is 6.22. The summed E-state index contributed by atoms with van der Waals surface area (Å²) in [7, 11) is 1.67. The van der Waals surface area contributed by atoms with Gasteiger partial charge in [0.25, 0.3) is 5.56 Å². The number of anilines is 1. The Morgan fingerprint density at radius 1 is 1.36 bits per heavy atom. The number of hydrogen-bond donors (Lipinski definition) is 1. The molecule has 2 atom stereocenters. The fraction of sp³-hybridized carbons (Fsp3) is 0.294. The number of halogens is 1. The normalized spacial score (nSPS) is 19.8. The van der Waals surface area contributed by atoms with Crippen LogP contribution in [0.4, 0.5) is 5.69 Å². The van der Waals surface area contributed by atoms with Crippen LogP contribution in [0.3, 0.4) is 0 Å². The highest BCUT2D eigenvalue weighted by Crippen LogP contribution is 2.48. The van der Waals surface area contributed by atoms with Crippen LogP contribution in [-0.2, 0) is 11.8 Å². The number of hydrogen-bond acceptors (Lipinski definition) is 2. The number of pyridine rings is 1. The lowest BCUT2D eigenvalue weighted by atomic mass is 10.1. The van der Waals surface area contributed by atoms with Crippen molar-refractivity contribution in [1.29, 1.82) is 0 Å². The van der Waals surface area contributed by atoms with Crippen LogP contribution in [0.15, 0.2) is 41.3 Å². The fourth-order valence-electron chi connectivity index (χ4n) is 2.68. The molecule has 3 rings (SSSR count). The number of aromatic nitrogens is 1. The van der Waals surface area contributed by atoms with Crippen molar-refractivity contribution in [2.45, 2.75) is 19.3 Å². The number of nitrogens with one attached hydrogen (secondary N) is 1. The maximum absolute atomic E-state index is 12.4. The van der Waals surface area contributed by atoms with Gasteiger partial charge in [0.2, 0.25) is 5.91 Å². The van der Waals surface area contributed by atoms with E-state index in [1.165, 1.54) is 4.57 Å². The highest BCUT2D eigenvalue weighted by molar-refractivity contribution is 6.30. The van der Waals surface area contributed by atoms with Crippen LogP contribution in [0.2, 0.25) is 5.02 Å². The molecule has 0 aliphatic heterocycles. The van der Waals surface area contributed by atoms with E-state index in [0.717, 1.165) is 17.5 Å². The monoisotopic (exact) mass is 316 g/mol. The van der Waals surface area contributed by atoms with Crippen molar-refractivity contribution in [3.05, 3.63) is 63.0 Å². The zero-order chi connectivity index (χ0) is 15.9. The topological polar surface area (TPSA) is 51.1 Å². The predicted octanol–water partition coefficient (Wildman–Crippen LogP) is 3.09. The molecule has 1 aliphatic rings. The number of carbonyl (C=O) groups is 1. The minimum Gasteiger partial charge on any atom is -0.321 e. The first kappa shape index (κ1) is 14.9. The predicted molar refractivity (Wildman–Crippen MR) is 87.3 cm³/mol.